The van der Waals surface area contributed by atoms with E-state index < -0.39 is 21.8 Å². The van der Waals surface area contributed by atoms with Gasteiger partial charge in [-0.05, 0) is 24.3 Å². The molecule has 1 aliphatic rings. The van der Waals surface area contributed by atoms with Crippen LogP contribution < -0.4 is 4.90 Å². The van der Waals surface area contributed by atoms with Gasteiger partial charge in [-0.1, -0.05) is 32.1 Å². The Labute approximate surface area is 166 Å². The SMILES string of the molecule is CC(C)(C)c1nnc(N2CCN(S(=O)(=O)c3ccc(C(F)(F)F)cc3)CC2)s1. The minimum Gasteiger partial charge on any atom is -0.344 e. The molecular weight excluding hydrogens is 413 g/mol. The van der Waals surface area contributed by atoms with Gasteiger partial charge in [0.05, 0.1) is 10.5 Å². The van der Waals surface area contributed by atoms with Gasteiger partial charge in [-0.2, -0.15) is 17.5 Å². The summed E-state index contributed by atoms with van der Waals surface area (Å²) in [6, 6.07) is 3.59. The van der Waals surface area contributed by atoms with Crippen LogP contribution in [0, 0.1) is 0 Å². The third kappa shape index (κ3) is 4.31. The molecule has 0 unspecified atom stereocenters. The van der Waals surface area contributed by atoms with Crippen molar-refractivity contribution < 1.29 is 21.6 Å². The molecule has 1 saturated heterocycles. The van der Waals surface area contributed by atoms with Crippen LogP contribution in [0.2, 0.25) is 0 Å². The molecule has 0 N–H and O–H groups in total. The first-order valence-electron chi connectivity index (χ1n) is 8.65. The van der Waals surface area contributed by atoms with Crippen LogP contribution in [0.5, 0.6) is 0 Å². The fraction of sp³-hybridized carbons (Fsp3) is 0.529. The van der Waals surface area contributed by atoms with Crippen molar-refractivity contribution in [3.05, 3.63) is 34.8 Å². The Bertz CT molecular complexity index is 927. The zero-order chi connectivity index (χ0) is 20.7. The van der Waals surface area contributed by atoms with Gasteiger partial charge in [0.25, 0.3) is 0 Å². The number of rotatable bonds is 3. The zero-order valence-electron chi connectivity index (χ0n) is 15.7. The largest absolute Gasteiger partial charge is 0.416 e. The second-order valence-electron chi connectivity index (χ2n) is 7.55. The summed E-state index contributed by atoms with van der Waals surface area (Å²) in [6.07, 6.45) is -4.50. The van der Waals surface area contributed by atoms with Gasteiger partial charge in [0.15, 0.2) is 0 Å². The van der Waals surface area contributed by atoms with Crippen LogP contribution in [0.3, 0.4) is 0 Å². The van der Waals surface area contributed by atoms with E-state index in [1.807, 2.05) is 25.7 Å². The molecule has 11 heteroatoms. The lowest BCUT2D eigenvalue weighted by Crippen LogP contribution is -2.48. The van der Waals surface area contributed by atoms with Crippen molar-refractivity contribution >= 4 is 26.5 Å². The van der Waals surface area contributed by atoms with Gasteiger partial charge in [-0.15, -0.1) is 10.2 Å². The fourth-order valence-corrected chi connectivity index (χ4v) is 5.11. The molecule has 6 nitrogen and oxygen atoms in total. The normalized spacial score (nSPS) is 17.1. The van der Waals surface area contributed by atoms with E-state index in [2.05, 4.69) is 10.2 Å². The number of piperazine rings is 1. The van der Waals surface area contributed by atoms with E-state index in [1.54, 1.807) is 0 Å². The molecule has 154 valence electrons. The van der Waals surface area contributed by atoms with Crippen molar-refractivity contribution in [2.24, 2.45) is 0 Å². The Morgan fingerprint density at radius 2 is 1.54 bits per heavy atom. The Balaban J connectivity index is 1.69. The molecule has 1 aromatic heterocycles. The van der Waals surface area contributed by atoms with Crippen LogP contribution in [-0.2, 0) is 21.6 Å². The van der Waals surface area contributed by atoms with Crippen LogP contribution in [0.1, 0.15) is 31.3 Å². The highest BCUT2D eigenvalue weighted by Crippen LogP contribution is 2.32. The van der Waals surface area contributed by atoms with Crippen molar-refractivity contribution in [3.63, 3.8) is 0 Å². The van der Waals surface area contributed by atoms with E-state index in [0.29, 0.717) is 13.1 Å². The molecule has 0 radical (unpaired) electrons. The zero-order valence-corrected chi connectivity index (χ0v) is 17.3. The van der Waals surface area contributed by atoms with E-state index in [-0.39, 0.29) is 23.4 Å². The number of hydrogen-bond acceptors (Lipinski definition) is 6. The first kappa shape index (κ1) is 21.0. The summed E-state index contributed by atoms with van der Waals surface area (Å²) in [6.45, 7) is 7.49. The molecule has 0 atom stereocenters. The number of halogens is 3. The van der Waals surface area contributed by atoms with Crippen molar-refractivity contribution in [3.8, 4) is 0 Å². The molecule has 2 heterocycles. The maximum atomic E-state index is 12.7. The van der Waals surface area contributed by atoms with Crippen LogP contribution in [0.25, 0.3) is 0 Å². The van der Waals surface area contributed by atoms with Crippen LogP contribution in [0.4, 0.5) is 18.3 Å². The van der Waals surface area contributed by atoms with E-state index >= 15 is 0 Å². The summed E-state index contributed by atoms with van der Waals surface area (Å²) >= 11 is 1.48. The highest BCUT2D eigenvalue weighted by Gasteiger charge is 2.33. The number of sulfonamides is 1. The Hall–Kier alpha value is -1.72. The highest BCUT2D eigenvalue weighted by molar-refractivity contribution is 7.89. The summed E-state index contributed by atoms with van der Waals surface area (Å²) in [5.74, 6) is 0. The van der Waals surface area contributed by atoms with Gasteiger partial charge in [-0.3, -0.25) is 0 Å². The quantitative estimate of drug-likeness (QED) is 0.741. The van der Waals surface area contributed by atoms with Crippen molar-refractivity contribution in [2.75, 3.05) is 31.1 Å². The number of anilines is 1. The molecule has 0 bridgehead atoms. The average Bonchev–Trinajstić information content (AvgIpc) is 3.12. The lowest BCUT2D eigenvalue weighted by molar-refractivity contribution is -0.137. The monoisotopic (exact) mass is 434 g/mol. The lowest BCUT2D eigenvalue weighted by atomic mass is 9.98. The number of aromatic nitrogens is 2. The van der Waals surface area contributed by atoms with Crippen LogP contribution in [-0.4, -0.2) is 49.1 Å². The van der Waals surface area contributed by atoms with Gasteiger partial charge < -0.3 is 4.90 Å². The minimum absolute atomic E-state index is 0.107. The van der Waals surface area contributed by atoms with E-state index in [4.69, 9.17) is 0 Å². The topological polar surface area (TPSA) is 66.4 Å². The fourth-order valence-electron chi connectivity index (χ4n) is 2.73. The average molecular weight is 435 g/mol. The Kier molecular flexibility index (Phi) is 5.45. The van der Waals surface area contributed by atoms with Gasteiger partial charge >= 0.3 is 6.18 Å². The Morgan fingerprint density at radius 1 is 0.964 bits per heavy atom. The van der Waals surface area contributed by atoms with Crippen molar-refractivity contribution in [1.29, 1.82) is 0 Å². The number of benzene rings is 1. The molecule has 1 aliphatic heterocycles. The molecule has 0 spiro atoms. The first-order valence-corrected chi connectivity index (χ1v) is 10.9. The van der Waals surface area contributed by atoms with Gasteiger partial charge in [0, 0.05) is 31.6 Å². The number of alkyl halides is 3. The number of nitrogens with zero attached hydrogens (tertiary/aromatic N) is 4. The third-order valence-corrected chi connectivity index (χ3v) is 7.71. The third-order valence-electron chi connectivity index (χ3n) is 4.38. The van der Waals surface area contributed by atoms with Crippen molar-refractivity contribution in [2.45, 2.75) is 37.3 Å². The van der Waals surface area contributed by atoms with Gasteiger partial charge in [0.2, 0.25) is 15.2 Å². The summed E-state index contributed by atoms with van der Waals surface area (Å²) in [4.78, 5) is 1.84. The molecule has 0 amide bonds. The molecule has 3 rings (SSSR count). The summed E-state index contributed by atoms with van der Waals surface area (Å²) in [7, 11) is -3.84. The van der Waals surface area contributed by atoms with Gasteiger partial charge in [-0.25, -0.2) is 8.42 Å². The van der Waals surface area contributed by atoms with Crippen LogP contribution >= 0.6 is 11.3 Å². The smallest absolute Gasteiger partial charge is 0.344 e. The van der Waals surface area contributed by atoms with Crippen LogP contribution in [0.15, 0.2) is 29.2 Å². The molecule has 0 aliphatic carbocycles. The number of hydrogen-bond donors (Lipinski definition) is 0. The molecule has 0 saturated carbocycles. The maximum Gasteiger partial charge on any atom is 0.416 e. The Morgan fingerprint density at radius 3 is 2.00 bits per heavy atom. The van der Waals surface area contributed by atoms with Gasteiger partial charge in [0.1, 0.15) is 5.01 Å². The lowest BCUT2D eigenvalue weighted by Gasteiger charge is -2.33. The first-order chi connectivity index (χ1) is 12.9. The summed E-state index contributed by atoms with van der Waals surface area (Å²) in [5, 5.41) is 10.1. The summed E-state index contributed by atoms with van der Waals surface area (Å²) in [5.41, 5.74) is -0.980. The maximum absolute atomic E-state index is 12.7. The molecule has 28 heavy (non-hydrogen) atoms. The summed E-state index contributed by atoms with van der Waals surface area (Å²) < 4.78 is 64.8. The molecule has 1 aromatic carbocycles. The van der Waals surface area contributed by atoms with E-state index in [9.17, 15) is 21.6 Å². The van der Waals surface area contributed by atoms with E-state index in [0.717, 1.165) is 34.4 Å². The second kappa shape index (κ2) is 7.27. The molecule has 1 fully saturated rings. The molecular formula is C17H21F3N4O2S2. The van der Waals surface area contributed by atoms with Crippen molar-refractivity contribution in [1.82, 2.24) is 14.5 Å². The highest BCUT2D eigenvalue weighted by atomic mass is 32.2. The predicted molar refractivity (Wildman–Crippen MR) is 101 cm³/mol. The predicted octanol–water partition coefficient (Wildman–Crippen LogP) is 3.37. The van der Waals surface area contributed by atoms with E-state index in [1.165, 1.54) is 15.6 Å². The minimum atomic E-state index is -4.50. The second-order valence-corrected chi connectivity index (χ2v) is 10.4. The standard InChI is InChI=1S/C17H21F3N4O2S2/c1-16(2,3)14-21-22-15(27-14)23-8-10-24(11-9-23)28(25,26)13-6-4-12(5-7-13)17(18,19)20/h4-7H,8-11H2,1-3H3. The molecule has 2 aromatic rings.